The summed E-state index contributed by atoms with van der Waals surface area (Å²) in [7, 11) is 0. The lowest BCUT2D eigenvalue weighted by Crippen LogP contribution is -2.46. The number of aromatic nitrogens is 4. The van der Waals surface area contributed by atoms with Gasteiger partial charge in [0.1, 0.15) is 18.3 Å². The van der Waals surface area contributed by atoms with Crippen LogP contribution in [0, 0.1) is 6.92 Å². The average molecular weight is 564 g/mol. The molecule has 1 saturated heterocycles. The van der Waals surface area contributed by atoms with E-state index >= 15 is 0 Å². The van der Waals surface area contributed by atoms with Crippen molar-refractivity contribution in [3.8, 4) is 11.6 Å². The highest BCUT2D eigenvalue weighted by Crippen LogP contribution is 2.27. The van der Waals surface area contributed by atoms with E-state index < -0.39 is 6.04 Å². The van der Waals surface area contributed by atoms with Gasteiger partial charge in [0.2, 0.25) is 17.6 Å². The highest BCUT2D eigenvalue weighted by atomic mass is 32.1. The Balaban J connectivity index is 1.34. The number of thiophene rings is 1. The molecule has 40 heavy (non-hydrogen) atoms. The molecule has 210 valence electrons. The topological polar surface area (TPSA) is 119 Å². The summed E-state index contributed by atoms with van der Waals surface area (Å²) in [5.41, 5.74) is 0.985. The maximum Gasteiger partial charge on any atom is 0.248 e. The SMILES string of the molecule is Cc1ccc(-c2nnn(CC(=O)N(CCCN3CCOCC3)[C@@H](C(=O)NCc3ccccc3)c3cccs3)n2)o1. The van der Waals surface area contributed by atoms with E-state index in [1.54, 1.807) is 11.0 Å². The van der Waals surface area contributed by atoms with E-state index in [0.29, 0.717) is 44.3 Å². The fraction of sp³-hybridized carbons (Fsp3) is 0.393. The largest absolute Gasteiger partial charge is 0.458 e. The van der Waals surface area contributed by atoms with Gasteiger partial charge in [0.25, 0.3) is 0 Å². The highest BCUT2D eigenvalue weighted by Gasteiger charge is 2.32. The Bertz CT molecular complexity index is 1370. The lowest BCUT2D eigenvalue weighted by Gasteiger charge is -2.32. The molecular weight excluding hydrogens is 530 g/mol. The summed E-state index contributed by atoms with van der Waals surface area (Å²) in [6.45, 7) is 6.38. The van der Waals surface area contributed by atoms with Crippen molar-refractivity contribution in [3.05, 3.63) is 76.2 Å². The second-order valence-electron chi connectivity index (χ2n) is 9.57. The molecule has 5 rings (SSSR count). The van der Waals surface area contributed by atoms with E-state index in [2.05, 4.69) is 25.6 Å². The van der Waals surface area contributed by atoms with Crippen LogP contribution < -0.4 is 5.32 Å². The molecule has 1 aromatic carbocycles. The third-order valence-electron chi connectivity index (χ3n) is 6.67. The Hall–Kier alpha value is -3.87. The van der Waals surface area contributed by atoms with Crippen LogP contribution in [-0.2, 0) is 27.4 Å². The smallest absolute Gasteiger partial charge is 0.248 e. The lowest BCUT2D eigenvalue weighted by atomic mass is 10.1. The third kappa shape index (κ3) is 7.20. The minimum atomic E-state index is -0.781. The number of morpholine rings is 1. The van der Waals surface area contributed by atoms with Gasteiger partial charge in [0.05, 0.1) is 13.2 Å². The minimum absolute atomic E-state index is 0.155. The number of nitrogens with zero attached hydrogens (tertiary/aromatic N) is 6. The van der Waals surface area contributed by atoms with Crippen molar-refractivity contribution in [1.82, 2.24) is 35.3 Å². The number of tetrazole rings is 1. The summed E-state index contributed by atoms with van der Waals surface area (Å²) in [5.74, 6) is 1.01. The van der Waals surface area contributed by atoms with E-state index in [0.717, 1.165) is 35.8 Å². The quantitative estimate of drug-likeness (QED) is 0.280. The first-order chi connectivity index (χ1) is 19.6. The van der Waals surface area contributed by atoms with Gasteiger partial charge in [-0.15, -0.1) is 21.5 Å². The standard InChI is InChI=1S/C28H33N7O4S/c1-21-10-11-23(39-21)27-30-32-35(31-27)20-25(36)34(13-6-12-33-14-16-38-17-15-33)26(24-9-5-18-40-24)28(37)29-19-22-7-3-2-4-8-22/h2-5,7-11,18,26H,6,12-17,19-20H2,1H3,(H,29,37)/t26-/m1/s1. The fourth-order valence-electron chi connectivity index (χ4n) is 4.62. The van der Waals surface area contributed by atoms with Gasteiger partial charge in [-0.2, -0.15) is 4.80 Å². The number of benzene rings is 1. The molecule has 11 nitrogen and oxygen atoms in total. The number of amides is 2. The molecule has 1 N–H and O–H groups in total. The van der Waals surface area contributed by atoms with Gasteiger partial charge in [-0.25, -0.2) is 0 Å². The molecule has 0 bridgehead atoms. The maximum atomic E-state index is 13.8. The number of hydrogen-bond acceptors (Lipinski definition) is 9. The number of furan rings is 1. The van der Waals surface area contributed by atoms with Crippen LogP contribution >= 0.6 is 11.3 Å². The van der Waals surface area contributed by atoms with Crippen molar-refractivity contribution < 1.29 is 18.7 Å². The van der Waals surface area contributed by atoms with Crippen LogP contribution in [0.5, 0.6) is 0 Å². The van der Waals surface area contributed by atoms with E-state index in [1.807, 2.05) is 60.8 Å². The molecule has 0 saturated carbocycles. The molecule has 2 amide bonds. The summed E-state index contributed by atoms with van der Waals surface area (Å²) in [6.07, 6.45) is 0.710. The Morgan fingerprint density at radius 1 is 1.10 bits per heavy atom. The summed E-state index contributed by atoms with van der Waals surface area (Å²) < 4.78 is 11.1. The van der Waals surface area contributed by atoms with Crippen LogP contribution in [0.2, 0.25) is 0 Å². The molecule has 1 atom stereocenters. The molecular formula is C28H33N7O4S. The van der Waals surface area contributed by atoms with Crippen LogP contribution in [0.15, 0.2) is 64.4 Å². The lowest BCUT2D eigenvalue weighted by molar-refractivity contribution is -0.141. The molecule has 0 spiro atoms. The van der Waals surface area contributed by atoms with Gasteiger partial charge >= 0.3 is 0 Å². The first-order valence-electron chi connectivity index (χ1n) is 13.4. The van der Waals surface area contributed by atoms with Crippen molar-refractivity contribution in [3.63, 3.8) is 0 Å². The normalized spacial score (nSPS) is 14.6. The van der Waals surface area contributed by atoms with Crippen molar-refractivity contribution >= 4 is 23.2 Å². The molecule has 12 heteroatoms. The first-order valence-corrected chi connectivity index (χ1v) is 14.2. The van der Waals surface area contributed by atoms with Gasteiger partial charge < -0.3 is 19.4 Å². The molecule has 4 heterocycles. The zero-order valence-electron chi connectivity index (χ0n) is 22.4. The first kappa shape index (κ1) is 27.7. The number of nitrogens with one attached hydrogen (secondary N) is 1. The van der Waals surface area contributed by atoms with Crippen LogP contribution in [0.1, 0.15) is 28.7 Å². The molecule has 4 aromatic rings. The van der Waals surface area contributed by atoms with Crippen molar-refractivity contribution in [2.45, 2.75) is 32.5 Å². The number of ether oxygens (including phenoxy) is 1. The molecule has 3 aromatic heterocycles. The molecule has 0 aliphatic carbocycles. The zero-order valence-corrected chi connectivity index (χ0v) is 23.3. The van der Waals surface area contributed by atoms with Gasteiger partial charge in [-0.3, -0.25) is 14.5 Å². The number of rotatable bonds is 12. The summed E-state index contributed by atoms with van der Waals surface area (Å²) >= 11 is 1.45. The monoisotopic (exact) mass is 563 g/mol. The molecule has 0 radical (unpaired) electrons. The predicted molar refractivity (Wildman–Crippen MR) is 149 cm³/mol. The Labute approximate surface area is 236 Å². The van der Waals surface area contributed by atoms with Gasteiger partial charge in [0, 0.05) is 37.6 Å². The second kappa shape index (κ2) is 13.5. The summed E-state index contributed by atoms with van der Waals surface area (Å²) in [6, 6.07) is 16.3. The average Bonchev–Trinajstić information content (AvgIpc) is 3.75. The van der Waals surface area contributed by atoms with Crippen molar-refractivity contribution in [2.24, 2.45) is 0 Å². The van der Waals surface area contributed by atoms with Crippen molar-refractivity contribution in [1.29, 1.82) is 0 Å². The number of carbonyl (C=O) groups excluding carboxylic acids is 2. The van der Waals surface area contributed by atoms with Gasteiger partial charge in [-0.05, 0) is 47.7 Å². The summed E-state index contributed by atoms with van der Waals surface area (Å²) in [4.78, 5) is 33.5. The second-order valence-corrected chi connectivity index (χ2v) is 10.5. The van der Waals surface area contributed by atoms with E-state index in [1.165, 1.54) is 16.1 Å². The van der Waals surface area contributed by atoms with E-state index in [4.69, 9.17) is 9.15 Å². The minimum Gasteiger partial charge on any atom is -0.458 e. The van der Waals surface area contributed by atoms with Crippen molar-refractivity contribution in [2.75, 3.05) is 39.4 Å². The van der Waals surface area contributed by atoms with Crippen LogP contribution in [0.3, 0.4) is 0 Å². The van der Waals surface area contributed by atoms with Crippen LogP contribution in [0.4, 0.5) is 0 Å². The maximum absolute atomic E-state index is 13.8. The Kier molecular flexibility index (Phi) is 9.32. The Morgan fingerprint density at radius 3 is 2.65 bits per heavy atom. The van der Waals surface area contributed by atoms with Crippen LogP contribution in [-0.4, -0.2) is 81.2 Å². The number of carbonyl (C=O) groups is 2. The van der Waals surface area contributed by atoms with Gasteiger partial charge in [-0.1, -0.05) is 36.4 Å². The van der Waals surface area contributed by atoms with Crippen LogP contribution in [0.25, 0.3) is 11.6 Å². The highest BCUT2D eigenvalue weighted by molar-refractivity contribution is 7.10. The van der Waals surface area contributed by atoms with E-state index in [-0.39, 0.29) is 18.4 Å². The fourth-order valence-corrected chi connectivity index (χ4v) is 5.45. The molecule has 1 aliphatic rings. The number of aryl methyl sites for hydroxylation is 1. The van der Waals surface area contributed by atoms with Gasteiger partial charge in [0.15, 0.2) is 5.76 Å². The molecule has 1 fully saturated rings. The molecule has 1 aliphatic heterocycles. The zero-order chi connectivity index (χ0) is 27.7. The predicted octanol–water partition coefficient (Wildman–Crippen LogP) is 2.91. The van der Waals surface area contributed by atoms with E-state index in [9.17, 15) is 9.59 Å². The molecule has 0 unspecified atom stereocenters. The third-order valence-corrected chi connectivity index (χ3v) is 7.59. The summed E-state index contributed by atoms with van der Waals surface area (Å²) in [5, 5.41) is 17.4. The Morgan fingerprint density at radius 2 is 1.93 bits per heavy atom. The number of hydrogen-bond donors (Lipinski definition) is 1.